The van der Waals surface area contributed by atoms with Gasteiger partial charge in [0.05, 0.1) is 0 Å². The fraction of sp³-hybridized carbons (Fsp3) is 0. The monoisotopic (exact) mass is 827 g/mol. The van der Waals surface area contributed by atoms with E-state index < -0.39 is 0 Å². The van der Waals surface area contributed by atoms with Gasteiger partial charge in [-0.05, 0) is 107 Å². The molecule has 0 spiro atoms. The minimum atomic E-state index is 0.577. The van der Waals surface area contributed by atoms with Crippen LogP contribution < -0.4 is 0 Å². The van der Waals surface area contributed by atoms with E-state index in [-0.39, 0.29) is 0 Å². The molecule has 302 valence electrons. The largest absolute Gasteiger partial charge is 0.455 e. The third-order valence-corrected chi connectivity index (χ3v) is 12.9. The minimum Gasteiger partial charge on any atom is -0.455 e. The maximum Gasteiger partial charge on any atom is 0.164 e. The first-order valence-corrected chi connectivity index (χ1v) is 22.0. The number of fused-ring (bicyclic) bond motifs is 9. The van der Waals surface area contributed by atoms with Crippen LogP contribution in [0, 0.1) is 0 Å². The third kappa shape index (κ3) is 6.34. The van der Waals surface area contributed by atoms with Gasteiger partial charge in [-0.2, -0.15) is 0 Å². The standard InChI is InChI=1S/C61H37N3O/c1-3-13-38(14-4-1)44-19-11-20-47(33-44)60-62-59(43-17-5-2-6-18-43)63-61(64-60)51-23-12-24-56-57(51)55-37-48(45-31-29-41-27-25-39-15-7-9-21-49(39)52(41)34-45)36-54(58(55)65-56)46-32-30-42-28-26-40-16-8-10-22-50(40)53(42)35-46/h1-37H. The predicted octanol–water partition coefficient (Wildman–Crippen LogP) is 16.4. The molecule has 13 aromatic rings. The van der Waals surface area contributed by atoms with Crippen LogP contribution in [0.15, 0.2) is 229 Å². The van der Waals surface area contributed by atoms with Gasteiger partial charge in [0.25, 0.3) is 0 Å². The van der Waals surface area contributed by atoms with E-state index in [0.29, 0.717) is 17.5 Å². The van der Waals surface area contributed by atoms with Gasteiger partial charge in [-0.1, -0.05) is 188 Å². The molecule has 4 heteroatoms. The number of aromatic nitrogens is 3. The number of benzene rings is 11. The Morgan fingerprint density at radius 3 is 1.46 bits per heavy atom. The van der Waals surface area contributed by atoms with E-state index in [4.69, 9.17) is 19.4 Å². The van der Waals surface area contributed by atoms with Crippen LogP contribution in [0.25, 0.3) is 133 Å². The second-order valence-electron chi connectivity index (χ2n) is 16.7. The van der Waals surface area contributed by atoms with E-state index in [2.05, 4.69) is 194 Å². The molecule has 0 unspecified atom stereocenters. The maximum absolute atomic E-state index is 7.04. The van der Waals surface area contributed by atoms with E-state index in [0.717, 1.165) is 72.0 Å². The third-order valence-electron chi connectivity index (χ3n) is 12.9. The summed E-state index contributed by atoms with van der Waals surface area (Å²) in [7, 11) is 0. The van der Waals surface area contributed by atoms with Crippen molar-refractivity contribution in [1.82, 2.24) is 15.0 Å². The van der Waals surface area contributed by atoms with Crippen LogP contribution in [-0.2, 0) is 0 Å². The van der Waals surface area contributed by atoms with Gasteiger partial charge in [-0.25, -0.2) is 15.0 Å². The molecule has 0 amide bonds. The average molecular weight is 828 g/mol. The molecule has 0 bridgehead atoms. The van der Waals surface area contributed by atoms with Crippen molar-refractivity contribution in [2.24, 2.45) is 0 Å². The van der Waals surface area contributed by atoms with Crippen LogP contribution in [0.4, 0.5) is 0 Å². The molecule has 0 radical (unpaired) electrons. The summed E-state index contributed by atoms with van der Waals surface area (Å²) >= 11 is 0. The van der Waals surface area contributed by atoms with Crippen LogP contribution >= 0.6 is 0 Å². The Labute approximate surface area is 374 Å². The highest BCUT2D eigenvalue weighted by molar-refractivity contribution is 6.18. The van der Waals surface area contributed by atoms with Gasteiger partial charge in [-0.15, -0.1) is 0 Å². The highest BCUT2D eigenvalue weighted by Crippen LogP contribution is 2.44. The average Bonchev–Trinajstić information content (AvgIpc) is 3.77. The van der Waals surface area contributed by atoms with Crippen molar-refractivity contribution in [3.8, 4) is 67.5 Å². The highest BCUT2D eigenvalue weighted by atomic mass is 16.3. The smallest absolute Gasteiger partial charge is 0.164 e. The number of furan rings is 1. The summed E-state index contributed by atoms with van der Waals surface area (Å²) in [6.07, 6.45) is 0. The first-order chi connectivity index (χ1) is 32.2. The number of hydrogen-bond donors (Lipinski definition) is 0. The fourth-order valence-electron chi connectivity index (χ4n) is 9.66. The van der Waals surface area contributed by atoms with E-state index in [1.165, 1.54) is 43.1 Å². The lowest BCUT2D eigenvalue weighted by Gasteiger charge is -2.12. The first-order valence-electron chi connectivity index (χ1n) is 22.0. The van der Waals surface area contributed by atoms with Crippen molar-refractivity contribution >= 4 is 65.0 Å². The number of nitrogens with zero attached hydrogens (tertiary/aromatic N) is 3. The van der Waals surface area contributed by atoms with Crippen molar-refractivity contribution in [3.63, 3.8) is 0 Å². The second-order valence-corrected chi connectivity index (χ2v) is 16.7. The normalized spacial score (nSPS) is 11.7. The molecular weight excluding hydrogens is 791 g/mol. The fourth-order valence-corrected chi connectivity index (χ4v) is 9.66. The van der Waals surface area contributed by atoms with Gasteiger partial charge in [0, 0.05) is 33.0 Å². The van der Waals surface area contributed by atoms with E-state index in [1.807, 2.05) is 30.3 Å². The second kappa shape index (κ2) is 15.0. The van der Waals surface area contributed by atoms with Crippen molar-refractivity contribution in [1.29, 1.82) is 0 Å². The Morgan fingerprint density at radius 1 is 0.262 bits per heavy atom. The molecule has 0 saturated carbocycles. The van der Waals surface area contributed by atoms with Gasteiger partial charge in [-0.3, -0.25) is 0 Å². The van der Waals surface area contributed by atoms with Crippen molar-refractivity contribution in [2.45, 2.75) is 0 Å². The Kier molecular flexibility index (Phi) is 8.50. The summed E-state index contributed by atoms with van der Waals surface area (Å²) in [4.78, 5) is 15.7. The Hall–Kier alpha value is -8.73. The lowest BCUT2D eigenvalue weighted by atomic mass is 9.91. The van der Waals surface area contributed by atoms with Crippen LogP contribution in [0.2, 0.25) is 0 Å². The Morgan fingerprint density at radius 2 is 0.754 bits per heavy atom. The molecule has 0 aliphatic rings. The van der Waals surface area contributed by atoms with Gasteiger partial charge in [0.2, 0.25) is 0 Å². The highest BCUT2D eigenvalue weighted by Gasteiger charge is 2.22. The Balaban J connectivity index is 1.07. The molecule has 2 aromatic heterocycles. The van der Waals surface area contributed by atoms with Crippen LogP contribution in [0.1, 0.15) is 0 Å². The molecule has 0 fully saturated rings. The molecule has 0 atom stereocenters. The zero-order chi connectivity index (χ0) is 42.8. The van der Waals surface area contributed by atoms with E-state index >= 15 is 0 Å². The lowest BCUT2D eigenvalue weighted by molar-refractivity contribution is 0.670. The zero-order valence-electron chi connectivity index (χ0n) is 35.1. The van der Waals surface area contributed by atoms with Gasteiger partial charge >= 0.3 is 0 Å². The molecule has 65 heavy (non-hydrogen) atoms. The molecule has 0 aliphatic heterocycles. The summed E-state index contributed by atoms with van der Waals surface area (Å²) < 4.78 is 7.04. The van der Waals surface area contributed by atoms with E-state index in [1.54, 1.807) is 0 Å². The first kappa shape index (κ1) is 36.9. The van der Waals surface area contributed by atoms with Gasteiger partial charge < -0.3 is 4.42 Å². The Bertz CT molecular complexity index is 4000. The van der Waals surface area contributed by atoms with Crippen molar-refractivity contribution in [2.75, 3.05) is 0 Å². The molecule has 0 aliphatic carbocycles. The predicted molar refractivity (Wildman–Crippen MR) is 270 cm³/mol. The van der Waals surface area contributed by atoms with Crippen molar-refractivity contribution in [3.05, 3.63) is 224 Å². The van der Waals surface area contributed by atoms with Crippen molar-refractivity contribution < 1.29 is 4.42 Å². The minimum absolute atomic E-state index is 0.577. The summed E-state index contributed by atoms with van der Waals surface area (Å²) in [6.45, 7) is 0. The van der Waals surface area contributed by atoms with Crippen LogP contribution in [-0.4, -0.2) is 15.0 Å². The summed E-state index contributed by atoms with van der Waals surface area (Å²) in [6, 6.07) is 79.5. The quantitative estimate of drug-likeness (QED) is 0.157. The SMILES string of the molecule is c1ccc(-c2cccc(-c3nc(-c4ccccc4)nc(-c4cccc5oc6c(-c7ccc8ccc9ccccc9c8c7)cc(-c7ccc8ccc9ccccc9c8c7)cc6c45)n3)c2)cc1. The molecule has 0 N–H and O–H groups in total. The van der Waals surface area contributed by atoms with Gasteiger partial charge in [0.15, 0.2) is 17.5 Å². The lowest BCUT2D eigenvalue weighted by Crippen LogP contribution is -2.00. The number of rotatable bonds is 6. The van der Waals surface area contributed by atoms with Crippen LogP contribution in [0.5, 0.6) is 0 Å². The maximum atomic E-state index is 7.04. The van der Waals surface area contributed by atoms with E-state index in [9.17, 15) is 0 Å². The summed E-state index contributed by atoms with van der Waals surface area (Å²) in [5, 5.41) is 11.7. The molecule has 13 rings (SSSR count). The summed E-state index contributed by atoms with van der Waals surface area (Å²) in [5.41, 5.74) is 10.8. The number of hydrogen-bond acceptors (Lipinski definition) is 4. The molecule has 2 heterocycles. The van der Waals surface area contributed by atoms with Crippen LogP contribution in [0.3, 0.4) is 0 Å². The molecule has 4 nitrogen and oxygen atoms in total. The topological polar surface area (TPSA) is 51.8 Å². The molecular formula is C61H37N3O. The zero-order valence-corrected chi connectivity index (χ0v) is 35.1. The molecule has 0 saturated heterocycles. The summed E-state index contributed by atoms with van der Waals surface area (Å²) in [5.74, 6) is 1.78. The molecule has 11 aromatic carbocycles. The van der Waals surface area contributed by atoms with Gasteiger partial charge in [0.1, 0.15) is 11.2 Å².